The van der Waals surface area contributed by atoms with Gasteiger partial charge in [-0.1, -0.05) is 27.7 Å². The van der Waals surface area contributed by atoms with Crippen LogP contribution in [0.5, 0.6) is 0 Å². The van der Waals surface area contributed by atoms with E-state index in [1.165, 1.54) is 0 Å². The predicted molar refractivity (Wildman–Crippen MR) is 64.3 cm³/mol. The number of aldehydes is 1. The molecule has 0 unspecified atom stereocenters. The second-order valence-electron chi connectivity index (χ2n) is 4.66. The monoisotopic (exact) mass is 228 g/mol. The van der Waals surface area contributed by atoms with Crippen molar-refractivity contribution in [3.63, 3.8) is 0 Å². The van der Waals surface area contributed by atoms with Crippen LogP contribution in [0.25, 0.3) is 0 Å². The summed E-state index contributed by atoms with van der Waals surface area (Å²) in [6.07, 6.45) is 3.99. The highest BCUT2D eigenvalue weighted by molar-refractivity contribution is 5.75. The minimum absolute atomic E-state index is 0.457. The molecule has 0 aliphatic carbocycles. The molecule has 0 bridgehead atoms. The average molecular weight is 228 g/mol. The molecular weight excluding hydrogens is 204 g/mol. The van der Waals surface area contributed by atoms with Gasteiger partial charge in [0, 0.05) is 5.41 Å². The Morgan fingerprint density at radius 2 is 1.50 bits per heavy atom. The number of carboxylic acids is 1. The van der Waals surface area contributed by atoms with Crippen LogP contribution in [0.3, 0.4) is 0 Å². The highest BCUT2D eigenvalue weighted by atomic mass is 16.4. The molecule has 0 saturated carbocycles. The quantitative estimate of drug-likeness (QED) is 0.649. The van der Waals surface area contributed by atoms with Crippen molar-refractivity contribution in [2.24, 2.45) is 10.8 Å². The predicted octanol–water partition coefficient (Wildman–Crippen LogP) is 3.27. The fourth-order valence-corrected chi connectivity index (χ4v) is 2.26. The molecule has 0 aromatic carbocycles. The smallest absolute Gasteiger partial charge is 0.309 e. The molecular formula is C13H24O3. The fraction of sp³-hybridized carbons (Fsp3) is 0.846. The van der Waals surface area contributed by atoms with Crippen LogP contribution in [-0.2, 0) is 9.59 Å². The zero-order valence-corrected chi connectivity index (χ0v) is 10.9. The molecule has 0 fully saturated rings. The molecule has 0 aromatic heterocycles. The van der Waals surface area contributed by atoms with Gasteiger partial charge < -0.3 is 9.90 Å². The summed E-state index contributed by atoms with van der Waals surface area (Å²) in [5, 5.41) is 9.36. The molecule has 0 radical (unpaired) electrons. The maximum Gasteiger partial charge on any atom is 0.309 e. The molecule has 0 aromatic rings. The minimum Gasteiger partial charge on any atom is -0.481 e. The van der Waals surface area contributed by atoms with E-state index in [1.54, 1.807) is 0 Å². The summed E-state index contributed by atoms with van der Waals surface area (Å²) in [6.45, 7) is 7.68. The van der Waals surface area contributed by atoms with Gasteiger partial charge in [0.25, 0.3) is 0 Å². The van der Waals surface area contributed by atoms with Gasteiger partial charge in [-0.25, -0.2) is 0 Å². The van der Waals surface area contributed by atoms with Crippen molar-refractivity contribution in [1.82, 2.24) is 0 Å². The molecule has 3 nitrogen and oxygen atoms in total. The molecule has 0 rings (SSSR count). The Labute approximate surface area is 98.2 Å². The molecule has 0 aliphatic heterocycles. The first-order valence-electron chi connectivity index (χ1n) is 6.15. The first-order valence-corrected chi connectivity index (χ1v) is 6.15. The highest BCUT2D eigenvalue weighted by Gasteiger charge is 2.42. The SMILES string of the molecule is CCC(C=O)(CC)CC(CC)(CC)C(=O)O. The summed E-state index contributed by atoms with van der Waals surface area (Å²) in [4.78, 5) is 22.6. The normalized spacial score (nSPS) is 12.5. The van der Waals surface area contributed by atoms with Crippen molar-refractivity contribution in [1.29, 1.82) is 0 Å². The lowest BCUT2D eigenvalue weighted by atomic mass is 9.66. The Balaban J connectivity index is 5.13. The van der Waals surface area contributed by atoms with Crippen LogP contribution in [0.4, 0.5) is 0 Å². The van der Waals surface area contributed by atoms with Crippen molar-refractivity contribution in [2.45, 2.75) is 59.8 Å². The van der Waals surface area contributed by atoms with Crippen LogP contribution in [0.2, 0.25) is 0 Å². The van der Waals surface area contributed by atoms with E-state index in [0.29, 0.717) is 32.1 Å². The Morgan fingerprint density at radius 1 is 1.06 bits per heavy atom. The van der Waals surface area contributed by atoms with Gasteiger partial charge in [-0.3, -0.25) is 4.79 Å². The van der Waals surface area contributed by atoms with Gasteiger partial charge in [-0.15, -0.1) is 0 Å². The number of carboxylic acid groups (broad SMARTS) is 1. The lowest BCUT2D eigenvalue weighted by Crippen LogP contribution is -2.37. The van der Waals surface area contributed by atoms with Crippen LogP contribution in [0, 0.1) is 10.8 Å². The Hall–Kier alpha value is -0.860. The topological polar surface area (TPSA) is 54.4 Å². The molecule has 0 spiro atoms. The Bertz CT molecular complexity index is 238. The lowest BCUT2D eigenvalue weighted by molar-refractivity contribution is -0.152. The van der Waals surface area contributed by atoms with Crippen LogP contribution in [-0.4, -0.2) is 17.4 Å². The first-order chi connectivity index (χ1) is 7.45. The Kier molecular flexibility index (Phi) is 5.70. The van der Waals surface area contributed by atoms with E-state index in [2.05, 4.69) is 0 Å². The van der Waals surface area contributed by atoms with Crippen LogP contribution in [0.1, 0.15) is 59.8 Å². The van der Waals surface area contributed by atoms with Gasteiger partial charge in [0.05, 0.1) is 5.41 Å². The van der Waals surface area contributed by atoms with Crippen LogP contribution < -0.4 is 0 Å². The number of carbonyl (C=O) groups is 2. The van der Waals surface area contributed by atoms with E-state index in [4.69, 9.17) is 0 Å². The zero-order chi connectivity index (χ0) is 12.8. The fourth-order valence-electron chi connectivity index (χ4n) is 2.26. The van der Waals surface area contributed by atoms with Gasteiger partial charge in [0.15, 0.2) is 0 Å². The molecule has 1 N–H and O–H groups in total. The van der Waals surface area contributed by atoms with E-state index < -0.39 is 16.8 Å². The summed E-state index contributed by atoms with van der Waals surface area (Å²) in [7, 11) is 0. The third kappa shape index (κ3) is 2.83. The number of aliphatic carboxylic acids is 1. The van der Waals surface area contributed by atoms with E-state index in [0.717, 1.165) is 6.29 Å². The first kappa shape index (κ1) is 15.1. The average Bonchev–Trinajstić information content (AvgIpc) is 2.32. The largest absolute Gasteiger partial charge is 0.481 e. The van der Waals surface area contributed by atoms with Gasteiger partial charge in [0.1, 0.15) is 6.29 Å². The van der Waals surface area contributed by atoms with Crippen LogP contribution in [0.15, 0.2) is 0 Å². The van der Waals surface area contributed by atoms with Crippen molar-refractivity contribution in [2.75, 3.05) is 0 Å². The Morgan fingerprint density at radius 3 is 1.69 bits per heavy atom. The standard InChI is InChI=1S/C13H24O3/c1-5-12(6-2,10-14)9-13(7-3,8-4)11(15)16/h10H,5-9H2,1-4H3,(H,15,16). The van der Waals surface area contributed by atoms with Crippen molar-refractivity contribution in [3.8, 4) is 0 Å². The van der Waals surface area contributed by atoms with Gasteiger partial charge in [-0.05, 0) is 32.1 Å². The summed E-state index contributed by atoms with van der Waals surface area (Å²) < 4.78 is 0. The van der Waals surface area contributed by atoms with Gasteiger partial charge in [0.2, 0.25) is 0 Å². The van der Waals surface area contributed by atoms with Crippen LogP contribution >= 0.6 is 0 Å². The maximum absolute atomic E-state index is 11.4. The molecule has 3 heteroatoms. The molecule has 94 valence electrons. The van der Waals surface area contributed by atoms with Crippen molar-refractivity contribution < 1.29 is 14.7 Å². The lowest BCUT2D eigenvalue weighted by Gasteiger charge is -2.36. The van der Waals surface area contributed by atoms with E-state index in [9.17, 15) is 14.7 Å². The van der Waals surface area contributed by atoms with Gasteiger partial charge >= 0.3 is 5.97 Å². The molecule has 0 atom stereocenters. The second kappa shape index (κ2) is 6.02. The zero-order valence-electron chi connectivity index (χ0n) is 10.9. The summed E-state index contributed by atoms with van der Waals surface area (Å²) >= 11 is 0. The van der Waals surface area contributed by atoms with Gasteiger partial charge in [-0.2, -0.15) is 0 Å². The number of hydrogen-bond acceptors (Lipinski definition) is 2. The molecule has 16 heavy (non-hydrogen) atoms. The molecule has 0 amide bonds. The van der Waals surface area contributed by atoms with E-state index >= 15 is 0 Å². The third-order valence-electron chi connectivity index (χ3n) is 4.16. The summed E-state index contributed by atoms with van der Waals surface area (Å²) in [6, 6.07) is 0. The maximum atomic E-state index is 11.4. The molecule has 0 aliphatic rings. The number of hydrogen-bond donors (Lipinski definition) is 1. The van der Waals surface area contributed by atoms with Crippen molar-refractivity contribution in [3.05, 3.63) is 0 Å². The highest BCUT2D eigenvalue weighted by Crippen LogP contribution is 2.42. The van der Waals surface area contributed by atoms with E-state index in [1.807, 2.05) is 27.7 Å². The second-order valence-corrected chi connectivity index (χ2v) is 4.66. The summed E-state index contributed by atoms with van der Waals surface area (Å²) in [5.41, 5.74) is -1.21. The van der Waals surface area contributed by atoms with E-state index in [-0.39, 0.29) is 0 Å². The molecule has 0 saturated heterocycles. The number of carbonyl (C=O) groups excluding carboxylic acids is 1. The number of rotatable bonds is 8. The molecule has 0 heterocycles. The summed E-state index contributed by atoms with van der Waals surface area (Å²) in [5.74, 6) is -0.773. The van der Waals surface area contributed by atoms with Crippen molar-refractivity contribution >= 4 is 12.3 Å². The minimum atomic E-state index is -0.773. The third-order valence-corrected chi connectivity index (χ3v) is 4.16.